The Bertz CT molecular complexity index is 394. The van der Waals surface area contributed by atoms with E-state index in [2.05, 4.69) is 32.6 Å². The normalized spacial score (nSPS) is 13.2. The van der Waals surface area contributed by atoms with Crippen LogP contribution in [0.2, 0.25) is 0 Å². The Balaban J connectivity index is 2.43. The fourth-order valence-corrected chi connectivity index (χ4v) is 2.50. The van der Waals surface area contributed by atoms with Gasteiger partial charge in [0.1, 0.15) is 18.5 Å². The monoisotopic (exact) mass is 293 g/mol. The van der Waals surface area contributed by atoms with E-state index in [1.165, 1.54) is 5.56 Å². The molecule has 1 rings (SSSR count). The van der Waals surface area contributed by atoms with E-state index in [0.717, 1.165) is 18.8 Å². The van der Waals surface area contributed by atoms with Crippen molar-refractivity contribution < 1.29 is 9.84 Å². The molecule has 1 aromatic carbocycles. The highest BCUT2D eigenvalue weighted by atomic mass is 16.5. The number of hydrogen-bond acceptors (Lipinski definition) is 3. The Morgan fingerprint density at radius 3 is 2.19 bits per heavy atom. The maximum absolute atomic E-state index is 10.2. The topological polar surface area (TPSA) is 32.7 Å². The second-order valence-corrected chi connectivity index (χ2v) is 6.79. The zero-order chi connectivity index (χ0) is 15.8. The molecular weight excluding hydrogens is 262 g/mol. The molecule has 0 fully saturated rings. The average molecular weight is 293 g/mol. The first-order valence-electron chi connectivity index (χ1n) is 7.96. The summed E-state index contributed by atoms with van der Waals surface area (Å²) in [6.07, 6.45) is -0.456. The van der Waals surface area contributed by atoms with Gasteiger partial charge in [0.15, 0.2) is 0 Å². The molecule has 0 amide bonds. The van der Waals surface area contributed by atoms with E-state index in [1.807, 2.05) is 31.2 Å². The second kappa shape index (κ2) is 9.06. The molecule has 1 atom stereocenters. The molecule has 0 aliphatic rings. The van der Waals surface area contributed by atoms with Gasteiger partial charge < -0.3 is 14.7 Å². The lowest BCUT2D eigenvalue weighted by Gasteiger charge is -2.28. The number of ether oxygens (including phenoxy) is 1. The summed E-state index contributed by atoms with van der Waals surface area (Å²) in [5.74, 6) is 2.04. The minimum absolute atomic E-state index is 0.343. The fraction of sp³-hybridized carbons (Fsp3) is 0.667. The molecule has 1 N–H and O–H groups in total. The molecule has 0 bridgehead atoms. The van der Waals surface area contributed by atoms with Gasteiger partial charge in [0.05, 0.1) is 0 Å². The predicted molar refractivity (Wildman–Crippen MR) is 88.8 cm³/mol. The van der Waals surface area contributed by atoms with Crippen LogP contribution >= 0.6 is 0 Å². The summed E-state index contributed by atoms with van der Waals surface area (Å²) < 4.78 is 5.68. The molecule has 120 valence electrons. The third kappa shape index (κ3) is 8.08. The van der Waals surface area contributed by atoms with Gasteiger partial charge in [-0.25, -0.2) is 0 Å². The van der Waals surface area contributed by atoms with E-state index in [9.17, 15) is 5.11 Å². The highest BCUT2D eigenvalue weighted by Crippen LogP contribution is 2.13. The van der Waals surface area contributed by atoms with Crippen molar-refractivity contribution in [3.8, 4) is 5.75 Å². The maximum atomic E-state index is 10.2. The summed E-state index contributed by atoms with van der Waals surface area (Å²) in [4.78, 5) is 2.33. The Morgan fingerprint density at radius 1 is 1.05 bits per heavy atom. The van der Waals surface area contributed by atoms with Crippen molar-refractivity contribution >= 4 is 0 Å². The summed E-state index contributed by atoms with van der Waals surface area (Å²) >= 11 is 0. The van der Waals surface area contributed by atoms with Crippen LogP contribution in [0.15, 0.2) is 24.3 Å². The molecule has 0 radical (unpaired) electrons. The number of aryl methyl sites for hydroxylation is 1. The SMILES string of the molecule is Cc1cccc(OCC(O)CN(CC(C)C)CC(C)C)c1. The first-order chi connectivity index (χ1) is 9.86. The predicted octanol–water partition coefficient (Wildman–Crippen LogP) is 3.35. The summed E-state index contributed by atoms with van der Waals surface area (Å²) in [5, 5.41) is 10.2. The van der Waals surface area contributed by atoms with Gasteiger partial charge in [-0.1, -0.05) is 39.8 Å². The first kappa shape index (κ1) is 18.0. The molecule has 0 heterocycles. The fourth-order valence-electron chi connectivity index (χ4n) is 2.50. The number of benzene rings is 1. The van der Waals surface area contributed by atoms with Crippen molar-refractivity contribution in [3.63, 3.8) is 0 Å². The van der Waals surface area contributed by atoms with E-state index < -0.39 is 6.10 Å². The Labute approximate surface area is 129 Å². The molecule has 0 aromatic heterocycles. The van der Waals surface area contributed by atoms with Gasteiger partial charge in [0, 0.05) is 19.6 Å². The molecule has 0 aliphatic heterocycles. The van der Waals surface area contributed by atoms with Gasteiger partial charge in [0.25, 0.3) is 0 Å². The number of rotatable bonds is 9. The minimum atomic E-state index is -0.456. The Hall–Kier alpha value is -1.06. The number of hydrogen-bond donors (Lipinski definition) is 1. The van der Waals surface area contributed by atoms with Crippen molar-refractivity contribution in [2.75, 3.05) is 26.2 Å². The van der Waals surface area contributed by atoms with Crippen molar-refractivity contribution in [2.45, 2.75) is 40.7 Å². The lowest BCUT2D eigenvalue weighted by Crippen LogP contribution is -2.39. The smallest absolute Gasteiger partial charge is 0.119 e. The van der Waals surface area contributed by atoms with Crippen molar-refractivity contribution in [1.82, 2.24) is 4.90 Å². The number of nitrogens with zero attached hydrogens (tertiary/aromatic N) is 1. The summed E-state index contributed by atoms with van der Waals surface area (Å²) in [6, 6.07) is 7.93. The van der Waals surface area contributed by atoms with E-state index in [1.54, 1.807) is 0 Å². The van der Waals surface area contributed by atoms with Crippen LogP contribution < -0.4 is 4.74 Å². The molecule has 3 heteroatoms. The van der Waals surface area contributed by atoms with Gasteiger partial charge in [-0.05, 0) is 36.5 Å². The minimum Gasteiger partial charge on any atom is -0.491 e. The van der Waals surface area contributed by atoms with Crippen molar-refractivity contribution in [1.29, 1.82) is 0 Å². The lowest BCUT2D eigenvalue weighted by atomic mass is 10.1. The van der Waals surface area contributed by atoms with Gasteiger partial charge in [-0.3, -0.25) is 0 Å². The van der Waals surface area contributed by atoms with Crippen LogP contribution in [0.4, 0.5) is 0 Å². The van der Waals surface area contributed by atoms with E-state index >= 15 is 0 Å². The summed E-state index contributed by atoms with van der Waals surface area (Å²) in [6.45, 7) is 13.9. The van der Waals surface area contributed by atoms with Gasteiger partial charge >= 0.3 is 0 Å². The van der Waals surface area contributed by atoms with Crippen LogP contribution in [0.3, 0.4) is 0 Å². The van der Waals surface area contributed by atoms with Crippen molar-refractivity contribution in [3.05, 3.63) is 29.8 Å². The molecule has 1 unspecified atom stereocenters. The van der Waals surface area contributed by atoms with Crippen molar-refractivity contribution in [2.24, 2.45) is 11.8 Å². The number of aliphatic hydroxyl groups excluding tert-OH is 1. The van der Waals surface area contributed by atoms with Crippen LogP contribution in [0.5, 0.6) is 5.75 Å². The van der Waals surface area contributed by atoms with Gasteiger partial charge in [-0.2, -0.15) is 0 Å². The zero-order valence-corrected chi connectivity index (χ0v) is 14.2. The molecule has 0 aliphatic carbocycles. The van der Waals surface area contributed by atoms with Gasteiger partial charge in [0.2, 0.25) is 0 Å². The van der Waals surface area contributed by atoms with Crippen LogP contribution in [0, 0.1) is 18.8 Å². The van der Waals surface area contributed by atoms with Gasteiger partial charge in [-0.15, -0.1) is 0 Å². The summed E-state index contributed by atoms with van der Waals surface area (Å²) in [7, 11) is 0. The first-order valence-corrected chi connectivity index (χ1v) is 7.96. The zero-order valence-electron chi connectivity index (χ0n) is 14.2. The molecular formula is C18H31NO2. The molecule has 0 saturated carbocycles. The largest absolute Gasteiger partial charge is 0.491 e. The highest BCUT2D eigenvalue weighted by Gasteiger charge is 2.15. The average Bonchev–Trinajstić information content (AvgIpc) is 2.34. The molecule has 1 aromatic rings. The van der Waals surface area contributed by atoms with Crippen LogP contribution in [0.1, 0.15) is 33.3 Å². The number of aliphatic hydroxyl groups is 1. The highest BCUT2D eigenvalue weighted by molar-refractivity contribution is 5.27. The van der Waals surface area contributed by atoms with Crippen LogP contribution in [0.25, 0.3) is 0 Å². The van der Waals surface area contributed by atoms with Crippen LogP contribution in [-0.2, 0) is 0 Å². The maximum Gasteiger partial charge on any atom is 0.119 e. The molecule has 21 heavy (non-hydrogen) atoms. The second-order valence-electron chi connectivity index (χ2n) is 6.79. The third-order valence-electron chi connectivity index (χ3n) is 3.15. The lowest BCUT2D eigenvalue weighted by molar-refractivity contribution is 0.0601. The Morgan fingerprint density at radius 2 is 1.67 bits per heavy atom. The third-order valence-corrected chi connectivity index (χ3v) is 3.15. The molecule has 0 spiro atoms. The quantitative estimate of drug-likeness (QED) is 0.758. The Kier molecular flexibility index (Phi) is 7.76. The molecule has 0 saturated heterocycles. The molecule has 3 nitrogen and oxygen atoms in total. The van der Waals surface area contributed by atoms with E-state index in [0.29, 0.717) is 25.0 Å². The standard InChI is InChI=1S/C18H31NO2/c1-14(2)10-19(11-15(3)4)12-17(20)13-21-18-8-6-7-16(5)9-18/h6-9,14-15,17,20H,10-13H2,1-5H3. The van der Waals surface area contributed by atoms with E-state index in [4.69, 9.17) is 4.74 Å². The van der Waals surface area contributed by atoms with E-state index in [-0.39, 0.29) is 0 Å². The van der Waals surface area contributed by atoms with Crippen LogP contribution in [-0.4, -0.2) is 42.4 Å². The summed E-state index contributed by atoms with van der Waals surface area (Å²) in [5.41, 5.74) is 1.17.